The monoisotopic (exact) mass is 312 g/mol. The molecule has 2 aromatic rings. The van der Waals surface area contributed by atoms with Crippen molar-refractivity contribution in [1.82, 2.24) is 9.55 Å². The Kier molecular flexibility index (Phi) is 3.29. The van der Waals surface area contributed by atoms with E-state index in [1.165, 1.54) is 12.7 Å². The SMILES string of the molecule is CC1CC1Cn1c(CCl)nc2c(S(C)(=O)=O)cccc21. The Morgan fingerprint density at radius 3 is 2.70 bits per heavy atom. The maximum Gasteiger partial charge on any atom is 0.177 e. The van der Waals surface area contributed by atoms with Crippen molar-refractivity contribution in [3.8, 4) is 0 Å². The first-order chi connectivity index (χ1) is 9.41. The zero-order valence-electron chi connectivity index (χ0n) is 11.5. The molecule has 4 nitrogen and oxygen atoms in total. The van der Waals surface area contributed by atoms with Crippen molar-refractivity contribution >= 4 is 32.5 Å². The highest BCUT2D eigenvalue weighted by Crippen LogP contribution is 2.40. The summed E-state index contributed by atoms with van der Waals surface area (Å²) in [6.07, 6.45) is 2.43. The predicted octanol–water partition coefficient (Wildman–Crippen LogP) is 2.83. The number of aromatic nitrogens is 2. The van der Waals surface area contributed by atoms with Gasteiger partial charge in [0.05, 0.1) is 16.3 Å². The van der Waals surface area contributed by atoms with Gasteiger partial charge in [-0.25, -0.2) is 13.4 Å². The van der Waals surface area contributed by atoms with E-state index >= 15 is 0 Å². The van der Waals surface area contributed by atoms with Crippen molar-refractivity contribution in [2.75, 3.05) is 6.26 Å². The van der Waals surface area contributed by atoms with Crippen molar-refractivity contribution in [3.05, 3.63) is 24.0 Å². The second-order valence-electron chi connectivity index (χ2n) is 5.64. The molecular formula is C14H17ClN2O2S. The average molecular weight is 313 g/mol. The number of benzene rings is 1. The molecule has 0 saturated heterocycles. The Bertz CT molecular complexity index is 767. The van der Waals surface area contributed by atoms with Gasteiger partial charge >= 0.3 is 0 Å². The molecule has 0 amide bonds. The van der Waals surface area contributed by atoms with E-state index in [1.807, 2.05) is 6.07 Å². The number of fused-ring (bicyclic) bond motifs is 1. The van der Waals surface area contributed by atoms with Crippen LogP contribution in [0.3, 0.4) is 0 Å². The van der Waals surface area contributed by atoms with Crippen LogP contribution in [0.25, 0.3) is 11.0 Å². The number of hydrogen-bond acceptors (Lipinski definition) is 3. The maximum absolute atomic E-state index is 11.9. The molecule has 1 aliphatic carbocycles. The molecule has 0 spiro atoms. The zero-order chi connectivity index (χ0) is 14.5. The quantitative estimate of drug-likeness (QED) is 0.816. The minimum atomic E-state index is -3.28. The van der Waals surface area contributed by atoms with Gasteiger partial charge in [0, 0.05) is 12.8 Å². The molecule has 0 radical (unpaired) electrons. The molecule has 1 saturated carbocycles. The summed E-state index contributed by atoms with van der Waals surface area (Å²) in [7, 11) is -3.28. The molecule has 0 N–H and O–H groups in total. The molecule has 108 valence electrons. The minimum absolute atomic E-state index is 0.281. The maximum atomic E-state index is 11.9. The van der Waals surface area contributed by atoms with Gasteiger partial charge in [0.2, 0.25) is 0 Å². The lowest BCUT2D eigenvalue weighted by atomic mass is 10.3. The number of alkyl halides is 1. The Morgan fingerprint density at radius 2 is 2.15 bits per heavy atom. The molecule has 20 heavy (non-hydrogen) atoms. The van der Waals surface area contributed by atoms with Crippen LogP contribution < -0.4 is 0 Å². The van der Waals surface area contributed by atoms with Crippen LogP contribution in [-0.2, 0) is 22.3 Å². The van der Waals surface area contributed by atoms with E-state index in [0.29, 0.717) is 17.3 Å². The molecule has 1 fully saturated rings. The summed E-state index contributed by atoms with van der Waals surface area (Å²) in [6, 6.07) is 5.29. The van der Waals surface area contributed by atoms with E-state index in [9.17, 15) is 8.42 Å². The fourth-order valence-corrected chi connectivity index (χ4v) is 3.69. The van der Waals surface area contributed by atoms with Gasteiger partial charge in [0.25, 0.3) is 0 Å². The highest BCUT2D eigenvalue weighted by molar-refractivity contribution is 7.91. The summed E-state index contributed by atoms with van der Waals surface area (Å²) in [4.78, 5) is 4.74. The van der Waals surface area contributed by atoms with Crippen molar-refractivity contribution in [2.45, 2.75) is 30.7 Å². The number of hydrogen-bond donors (Lipinski definition) is 0. The Labute approximate surface area is 123 Å². The van der Waals surface area contributed by atoms with Gasteiger partial charge in [0.15, 0.2) is 9.84 Å². The summed E-state index contributed by atoms with van der Waals surface area (Å²) in [6.45, 7) is 3.10. The van der Waals surface area contributed by atoms with Crippen LogP contribution in [0.4, 0.5) is 0 Å². The standard InChI is InChI=1S/C14H17ClN2O2S/c1-9-6-10(9)8-17-11-4-3-5-12(20(2,18)19)14(11)16-13(17)7-15/h3-5,9-10H,6-8H2,1-2H3. The topological polar surface area (TPSA) is 52.0 Å². The summed E-state index contributed by atoms with van der Waals surface area (Å²) in [5, 5.41) is 0. The van der Waals surface area contributed by atoms with Crippen molar-refractivity contribution in [1.29, 1.82) is 0 Å². The third-order valence-corrected chi connectivity index (χ3v) is 5.40. The fraction of sp³-hybridized carbons (Fsp3) is 0.500. The second-order valence-corrected chi connectivity index (χ2v) is 7.89. The molecule has 1 aromatic heterocycles. The molecule has 0 bridgehead atoms. The summed E-state index contributed by atoms with van der Waals surface area (Å²) in [5.74, 6) is 2.42. The number of halogens is 1. The lowest BCUT2D eigenvalue weighted by molar-refractivity contribution is 0.591. The molecule has 1 heterocycles. The van der Waals surface area contributed by atoms with Crippen LogP contribution in [0.2, 0.25) is 0 Å². The normalized spacial score (nSPS) is 22.4. The molecular weight excluding hydrogens is 296 g/mol. The smallest absolute Gasteiger partial charge is 0.177 e. The molecule has 0 aliphatic heterocycles. The molecule has 1 aromatic carbocycles. The van der Waals surface area contributed by atoms with Crippen molar-refractivity contribution in [3.63, 3.8) is 0 Å². The Morgan fingerprint density at radius 1 is 1.45 bits per heavy atom. The molecule has 3 rings (SSSR count). The van der Waals surface area contributed by atoms with E-state index in [1.54, 1.807) is 12.1 Å². The minimum Gasteiger partial charge on any atom is -0.327 e. The third kappa shape index (κ3) is 2.33. The van der Waals surface area contributed by atoms with E-state index in [-0.39, 0.29) is 4.90 Å². The average Bonchev–Trinajstić information content (AvgIpc) is 2.95. The first kappa shape index (κ1) is 13.9. The van der Waals surface area contributed by atoms with Gasteiger partial charge in [-0.2, -0.15) is 0 Å². The summed E-state index contributed by atoms with van der Waals surface area (Å²) < 4.78 is 25.8. The van der Waals surface area contributed by atoms with Gasteiger partial charge in [-0.05, 0) is 30.4 Å². The first-order valence-electron chi connectivity index (χ1n) is 6.66. The van der Waals surface area contributed by atoms with E-state index in [2.05, 4.69) is 16.5 Å². The molecule has 1 aliphatic rings. The van der Waals surface area contributed by atoms with Crippen molar-refractivity contribution < 1.29 is 8.42 Å². The van der Waals surface area contributed by atoms with E-state index in [0.717, 1.165) is 23.8 Å². The van der Waals surface area contributed by atoms with Crippen molar-refractivity contribution in [2.24, 2.45) is 11.8 Å². The fourth-order valence-electron chi connectivity index (χ4n) is 2.66. The largest absolute Gasteiger partial charge is 0.327 e. The second kappa shape index (κ2) is 4.74. The predicted molar refractivity (Wildman–Crippen MR) is 79.7 cm³/mol. The highest BCUT2D eigenvalue weighted by Gasteiger charge is 2.33. The van der Waals surface area contributed by atoms with E-state index in [4.69, 9.17) is 11.6 Å². The molecule has 2 atom stereocenters. The third-order valence-electron chi connectivity index (χ3n) is 4.03. The summed E-state index contributed by atoms with van der Waals surface area (Å²) in [5.41, 5.74) is 1.40. The lowest BCUT2D eigenvalue weighted by Crippen LogP contribution is -2.04. The lowest BCUT2D eigenvalue weighted by Gasteiger charge is -2.07. The number of nitrogens with zero attached hydrogens (tertiary/aromatic N) is 2. The molecule has 2 unspecified atom stereocenters. The first-order valence-corrected chi connectivity index (χ1v) is 9.08. The van der Waals surface area contributed by atoms with E-state index < -0.39 is 9.84 Å². The highest BCUT2D eigenvalue weighted by atomic mass is 35.5. The van der Waals surface area contributed by atoms with Crippen LogP contribution in [0.15, 0.2) is 23.1 Å². The van der Waals surface area contributed by atoms with Crippen LogP contribution in [0.1, 0.15) is 19.2 Å². The van der Waals surface area contributed by atoms with Gasteiger partial charge in [-0.3, -0.25) is 0 Å². The van der Waals surface area contributed by atoms with Crippen LogP contribution in [0, 0.1) is 11.8 Å². The zero-order valence-corrected chi connectivity index (χ0v) is 13.1. The Balaban J connectivity index is 2.19. The van der Waals surface area contributed by atoms with Crippen LogP contribution in [-0.4, -0.2) is 24.2 Å². The number of rotatable bonds is 4. The molecule has 6 heteroatoms. The number of sulfone groups is 1. The Hall–Kier alpha value is -1.07. The van der Waals surface area contributed by atoms with Gasteiger partial charge < -0.3 is 4.57 Å². The van der Waals surface area contributed by atoms with Crippen LogP contribution in [0.5, 0.6) is 0 Å². The number of para-hydroxylation sites is 1. The van der Waals surface area contributed by atoms with Gasteiger partial charge in [-0.15, -0.1) is 11.6 Å². The number of imidazole rings is 1. The summed E-state index contributed by atoms with van der Waals surface area (Å²) >= 11 is 5.98. The van der Waals surface area contributed by atoms with Crippen LogP contribution >= 0.6 is 11.6 Å². The van der Waals surface area contributed by atoms with Gasteiger partial charge in [-0.1, -0.05) is 13.0 Å². The van der Waals surface area contributed by atoms with Gasteiger partial charge in [0.1, 0.15) is 11.3 Å².